The van der Waals surface area contributed by atoms with Gasteiger partial charge in [-0.15, -0.1) is 34.0 Å². The van der Waals surface area contributed by atoms with Crippen LogP contribution in [0.15, 0.2) is 34.3 Å². The Balaban J connectivity index is 2.17. The van der Waals surface area contributed by atoms with E-state index in [0.29, 0.717) is 11.4 Å². The molecule has 0 fully saturated rings. The summed E-state index contributed by atoms with van der Waals surface area (Å²) < 4.78 is 0. The Kier molecular flexibility index (Phi) is 2.66. The summed E-state index contributed by atoms with van der Waals surface area (Å²) in [5.41, 5.74) is 14.4. The van der Waals surface area contributed by atoms with Gasteiger partial charge in [-0.3, -0.25) is 0 Å². The molecule has 0 spiro atoms. The van der Waals surface area contributed by atoms with Gasteiger partial charge in [-0.2, -0.15) is 0 Å². The van der Waals surface area contributed by atoms with Crippen LogP contribution in [0, 0.1) is 0 Å². The average Bonchev–Trinajstić information content (AvgIpc) is 3.01. The molecule has 5 heteroatoms. The maximum absolute atomic E-state index is 6.01. The van der Waals surface area contributed by atoms with Crippen LogP contribution in [0.5, 0.6) is 0 Å². The van der Waals surface area contributed by atoms with Gasteiger partial charge in [0.05, 0.1) is 21.1 Å². The van der Waals surface area contributed by atoms with Gasteiger partial charge in [0.2, 0.25) is 0 Å². The molecule has 0 aliphatic heterocycles. The summed E-state index contributed by atoms with van der Waals surface area (Å²) in [7, 11) is 0. The predicted octanol–water partition coefficient (Wildman–Crippen LogP) is 4.37. The Morgan fingerprint density at radius 3 is 2.41 bits per heavy atom. The Bertz CT molecular complexity index is 635. The molecule has 0 saturated carbocycles. The van der Waals surface area contributed by atoms with Gasteiger partial charge in [0.1, 0.15) is 0 Å². The first-order valence-corrected chi connectivity index (χ1v) is 7.65. The summed E-state index contributed by atoms with van der Waals surface area (Å²) in [6.45, 7) is 0. The van der Waals surface area contributed by atoms with Gasteiger partial charge < -0.3 is 11.5 Å². The van der Waals surface area contributed by atoms with Crippen LogP contribution >= 0.6 is 34.0 Å². The van der Waals surface area contributed by atoms with Crippen molar-refractivity contribution < 1.29 is 0 Å². The molecule has 3 heterocycles. The molecular weight excluding hydrogens is 268 g/mol. The number of anilines is 2. The van der Waals surface area contributed by atoms with E-state index in [4.69, 9.17) is 11.5 Å². The standard InChI is InChI=1S/C12H10N2S3/c13-8-6-17-12(10(8)14)11-7(3-5-16-11)9-2-1-4-15-9/h1-6H,13-14H2. The highest BCUT2D eigenvalue weighted by atomic mass is 32.1. The van der Waals surface area contributed by atoms with Gasteiger partial charge in [-0.25, -0.2) is 0 Å². The zero-order chi connectivity index (χ0) is 11.8. The summed E-state index contributed by atoms with van der Waals surface area (Å²) in [6, 6.07) is 6.33. The molecule has 4 N–H and O–H groups in total. The van der Waals surface area contributed by atoms with E-state index in [-0.39, 0.29) is 0 Å². The molecule has 3 aromatic heterocycles. The van der Waals surface area contributed by atoms with Crippen molar-refractivity contribution in [2.75, 3.05) is 11.5 Å². The number of hydrogen-bond acceptors (Lipinski definition) is 5. The fraction of sp³-hybridized carbons (Fsp3) is 0. The number of nitrogens with two attached hydrogens (primary N) is 2. The van der Waals surface area contributed by atoms with Gasteiger partial charge >= 0.3 is 0 Å². The van der Waals surface area contributed by atoms with Crippen LogP contribution < -0.4 is 11.5 Å². The van der Waals surface area contributed by atoms with E-state index in [1.165, 1.54) is 15.3 Å². The first-order valence-electron chi connectivity index (χ1n) is 5.01. The lowest BCUT2D eigenvalue weighted by Gasteiger charge is -2.01. The molecule has 0 unspecified atom stereocenters. The quantitative estimate of drug-likeness (QED) is 0.731. The molecule has 0 bridgehead atoms. The van der Waals surface area contributed by atoms with E-state index < -0.39 is 0 Å². The molecule has 0 aliphatic carbocycles. The van der Waals surface area contributed by atoms with Gasteiger partial charge in [-0.05, 0) is 22.9 Å². The third kappa shape index (κ3) is 1.76. The first-order chi connectivity index (χ1) is 8.27. The van der Waals surface area contributed by atoms with Crippen molar-refractivity contribution in [2.45, 2.75) is 0 Å². The second-order valence-corrected chi connectivity index (χ2v) is 6.32. The van der Waals surface area contributed by atoms with Crippen LogP contribution in [0.3, 0.4) is 0 Å². The minimum Gasteiger partial charge on any atom is -0.396 e. The van der Waals surface area contributed by atoms with Crippen LogP contribution in [-0.4, -0.2) is 0 Å². The predicted molar refractivity (Wildman–Crippen MR) is 79.8 cm³/mol. The van der Waals surface area contributed by atoms with Crippen molar-refractivity contribution in [3.8, 4) is 20.2 Å². The highest BCUT2D eigenvalue weighted by molar-refractivity contribution is 7.22. The lowest BCUT2D eigenvalue weighted by atomic mass is 10.2. The highest BCUT2D eigenvalue weighted by Gasteiger charge is 2.15. The topological polar surface area (TPSA) is 52.0 Å². The van der Waals surface area contributed by atoms with Crippen LogP contribution in [0.2, 0.25) is 0 Å². The smallest absolute Gasteiger partial charge is 0.0745 e. The van der Waals surface area contributed by atoms with Gasteiger partial charge in [-0.1, -0.05) is 6.07 Å². The summed E-state index contributed by atoms with van der Waals surface area (Å²) >= 11 is 5.06. The second kappa shape index (κ2) is 4.18. The third-order valence-electron chi connectivity index (χ3n) is 2.52. The van der Waals surface area contributed by atoms with Crippen molar-refractivity contribution in [1.82, 2.24) is 0 Å². The first kappa shape index (κ1) is 10.8. The largest absolute Gasteiger partial charge is 0.396 e. The molecule has 0 radical (unpaired) electrons. The maximum Gasteiger partial charge on any atom is 0.0745 e. The maximum atomic E-state index is 6.01. The lowest BCUT2D eigenvalue weighted by molar-refractivity contribution is 1.80. The molecule has 0 aromatic carbocycles. The molecule has 3 rings (SSSR count). The van der Waals surface area contributed by atoms with Crippen molar-refractivity contribution in [2.24, 2.45) is 0 Å². The van der Waals surface area contributed by atoms with Gasteiger partial charge in [0.25, 0.3) is 0 Å². The van der Waals surface area contributed by atoms with E-state index >= 15 is 0 Å². The molecule has 3 aromatic rings. The summed E-state index contributed by atoms with van der Waals surface area (Å²) in [4.78, 5) is 3.57. The molecule has 86 valence electrons. The van der Waals surface area contributed by atoms with E-state index in [2.05, 4.69) is 29.0 Å². The van der Waals surface area contributed by atoms with Gasteiger partial charge in [0.15, 0.2) is 0 Å². The minimum atomic E-state index is 0.676. The third-order valence-corrected chi connectivity index (χ3v) is 5.51. The molecule has 0 amide bonds. The van der Waals surface area contributed by atoms with E-state index in [9.17, 15) is 0 Å². The SMILES string of the molecule is Nc1csc(-c2sccc2-c2cccs2)c1N. The van der Waals surface area contributed by atoms with E-state index in [0.717, 1.165) is 4.88 Å². The zero-order valence-electron chi connectivity index (χ0n) is 8.84. The minimum absolute atomic E-state index is 0.676. The molecule has 0 saturated heterocycles. The van der Waals surface area contributed by atoms with Crippen molar-refractivity contribution in [1.29, 1.82) is 0 Å². The monoisotopic (exact) mass is 278 g/mol. The number of thiophene rings is 3. The fourth-order valence-electron chi connectivity index (χ4n) is 1.67. The molecule has 2 nitrogen and oxygen atoms in total. The Labute approximate surface area is 111 Å². The Morgan fingerprint density at radius 1 is 0.882 bits per heavy atom. The lowest BCUT2D eigenvalue weighted by Crippen LogP contribution is -1.90. The molecule has 0 atom stereocenters. The Hall–Kier alpha value is -1.30. The average molecular weight is 278 g/mol. The molecule has 17 heavy (non-hydrogen) atoms. The summed E-state index contributed by atoms with van der Waals surface area (Å²) in [5.74, 6) is 0. The fourth-order valence-corrected chi connectivity index (χ4v) is 4.47. The van der Waals surface area contributed by atoms with Crippen molar-refractivity contribution in [3.63, 3.8) is 0 Å². The number of rotatable bonds is 2. The zero-order valence-corrected chi connectivity index (χ0v) is 11.3. The number of hydrogen-bond donors (Lipinski definition) is 2. The van der Waals surface area contributed by atoms with Crippen LogP contribution in [0.1, 0.15) is 0 Å². The molecule has 0 aliphatic rings. The van der Waals surface area contributed by atoms with E-state index in [1.807, 2.05) is 5.38 Å². The van der Waals surface area contributed by atoms with E-state index in [1.54, 1.807) is 34.0 Å². The van der Waals surface area contributed by atoms with Crippen molar-refractivity contribution in [3.05, 3.63) is 34.3 Å². The van der Waals surface area contributed by atoms with Crippen LogP contribution in [0.25, 0.3) is 20.2 Å². The van der Waals surface area contributed by atoms with Crippen molar-refractivity contribution >= 4 is 45.4 Å². The highest BCUT2D eigenvalue weighted by Crippen LogP contribution is 2.45. The number of nitrogen functional groups attached to an aromatic ring is 2. The summed E-state index contributed by atoms with van der Waals surface area (Å²) in [6.07, 6.45) is 0. The van der Waals surface area contributed by atoms with Gasteiger partial charge in [0, 0.05) is 15.8 Å². The second-order valence-electron chi connectivity index (χ2n) is 3.57. The van der Waals surface area contributed by atoms with Crippen LogP contribution in [-0.2, 0) is 0 Å². The molecular formula is C12H10N2S3. The Morgan fingerprint density at radius 2 is 1.76 bits per heavy atom. The van der Waals surface area contributed by atoms with Crippen LogP contribution in [0.4, 0.5) is 11.4 Å². The summed E-state index contributed by atoms with van der Waals surface area (Å²) in [5, 5.41) is 6.09. The normalized spacial score (nSPS) is 10.8.